The monoisotopic (exact) mass is 410 g/mol. The summed E-state index contributed by atoms with van der Waals surface area (Å²) in [5.41, 5.74) is 5.90. The number of aliphatic carboxylic acids is 1. The molecule has 0 aliphatic heterocycles. The number of rotatable bonds is 7. The topological polar surface area (TPSA) is 129 Å². The zero-order valence-corrected chi connectivity index (χ0v) is 14.8. The highest BCUT2D eigenvalue weighted by atomic mass is 35.5. The Morgan fingerprint density at radius 3 is 2.79 bits per heavy atom. The fraction of sp³-hybridized carbons (Fsp3) is 0.188. The largest absolute Gasteiger partial charge is 0.481 e. The van der Waals surface area contributed by atoms with Crippen molar-refractivity contribution in [1.29, 1.82) is 0 Å². The first-order valence-corrected chi connectivity index (χ1v) is 8.24. The summed E-state index contributed by atoms with van der Waals surface area (Å²) in [7, 11) is 0. The van der Waals surface area contributed by atoms with E-state index in [1.807, 2.05) is 0 Å². The van der Waals surface area contributed by atoms with Crippen molar-refractivity contribution in [3.05, 3.63) is 52.9 Å². The fourth-order valence-corrected chi connectivity index (χ4v) is 2.39. The quantitative estimate of drug-likeness (QED) is 0.606. The highest BCUT2D eigenvalue weighted by Crippen LogP contribution is 2.27. The van der Waals surface area contributed by atoms with Crippen molar-refractivity contribution in [3.8, 4) is 17.3 Å². The lowest BCUT2D eigenvalue weighted by Crippen LogP contribution is -2.26. The van der Waals surface area contributed by atoms with Gasteiger partial charge in [0.25, 0.3) is 5.88 Å². The minimum Gasteiger partial charge on any atom is -0.481 e. The van der Waals surface area contributed by atoms with Crippen molar-refractivity contribution in [2.45, 2.75) is 18.9 Å². The molecule has 9 nitrogen and oxygen atoms in total. The Morgan fingerprint density at radius 1 is 1.32 bits per heavy atom. The Hall–Kier alpha value is -3.18. The van der Waals surface area contributed by atoms with E-state index in [-0.39, 0.29) is 35.1 Å². The molecule has 0 unspecified atom stereocenters. The van der Waals surface area contributed by atoms with Crippen LogP contribution < -0.4 is 10.5 Å². The molecule has 0 saturated heterocycles. The molecular formula is C16H13ClF2N6O3. The standard InChI is InChI=1S/C16H13ClF2N6O3/c17-8-3-12(19)16(21-7-8)28-13-2-1-10(6-11(13)18)25-23-14(22-24-25)4-9(20)5-15(26)27/h1-3,6-7,9H,4-5,20H2,(H,26,27)/t9-/m0/s1. The zero-order valence-electron chi connectivity index (χ0n) is 14.1. The van der Waals surface area contributed by atoms with Crippen LogP contribution in [0.2, 0.25) is 5.02 Å². The molecule has 0 bridgehead atoms. The summed E-state index contributed by atoms with van der Waals surface area (Å²) in [5.74, 6) is -3.16. The first-order chi connectivity index (χ1) is 13.3. The van der Waals surface area contributed by atoms with Crippen LogP contribution in [0.3, 0.4) is 0 Å². The summed E-state index contributed by atoms with van der Waals surface area (Å²) in [4.78, 5) is 15.3. The summed E-state index contributed by atoms with van der Waals surface area (Å²) in [6.45, 7) is 0. The summed E-state index contributed by atoms with van der Waals surface area (Å²) in [5, 5.41) is 20.4. The summed E-state index contributed by atoms with van der Waals surface area (Å²) in [6, 6.07) is 4.05. The van der Waals surface area contributed by atoms with Crippen LogP contribution in [0.5, 0.6) is 11.6 Å². The minimum atomic E-state index is -1.04. The smallest absolute Gasteiger partial charge is 0.304 e. The van der Waals surface area contributed by atoms with Crippen LogP contribution in [0.25, 0.3) is 5.69 Å². The molecule has 3 aromatic rings. The number of benzene rings is 1. The maximum absolute atomic E-state index is 14.3. The lowest BCUT2D eigenvalue weighted by molar-refractivity contribution is -0.137. The number of nitrogens with zero attached hydrogens (tertiary/aromatic N) is 5. The molecule has 12 heteroatoms. The summed E-state index contributed by atoms with van der Waals surface area (Å²) in [6.07, 6.45) is 1.02. The van der Waals surface area contributed by atoms with E-state index in [9.17, 15) is 13.6 Å². The molecule has 28 heavy (non-hydrogen) atoms. The second-order valence-corrected chi connectivity index (χ2v) is 6.15. The third kappa shape index (κ3) is 4.75. The number of tetrazole rings is 1. The lowest BCUT2D eigenvalue weighted by atomic mass is 10.1. The predicted octanol–water partition coefficient (Wildman–Crippen LogP) is 2.13. The molecule has 2 heterocycles. The second kappa shape index (κ2) is 8.23. The Morgan fingerprint density at radius 2 is 2.11 bits per heavy atom. The van der Waals surface area contributed by atoms with Crippen LogP contribution in [0, 0.1) is 11.6 Å². The van der Waals surface area contributed by atoms with E-state index in [0.29, 0.717) is 0 Å². The van der Waals surface area contributed by atoms with Gasteiger partial charge in [0.15, 0.2) is 23.2 Å². The average molecular weight is 411 g/mol. The van der Waals surface area contributed by atoms with Crippen molar-refractivity contribution >= 4 is 17.6 Å². The lowest BCUT2D eigenvalue weighted by Gasteiger charge is -2.08. The third-order valence-corrected chi connectivity index (χ3v) is 3.67. The number of ether oxygens (including phenoxy) is 1. The van der Waals surface area contributed by atoms with Gasteiger partial charge < -0.3 is 15.6 Å². The first kappa shape index (κ1) is 19.6. The molecule has 1 atom stereocenters. The average Bonchev–Trinajstić information content (AvgIpc) is 3.06. The van der Waals surface area contributed by atoms with Crippen LogP contribution in [-0.4, -0.2) is 42.3 Å². The van der Waals surface area contributed by atoms with E-state index in [1.165, 1.54) is 18.3 Å². The molecule has 2 aromatic heterocycles. The molecule has 0 fully saturated rings. The van der Waals surface area contributed by atoms with Gasteiger partial charge in [0, 0.05) is 24.7 Å². The fourth-order valence-electron chi connectivity index (χ4n) is 2.24. The Kier molecular flexibility index (Phi) is 5.76. The second-order valence-electron chi connectivity index (χ2n) is 5.71. The van der Waals surface area contributed by atoms with Gasteiger partial charge in [-0.25, -0.2) is 13.8 Å². The molecule has 3 rings (SSSR count). The molecule has 0 aliphatic rings. The van der Waals surface area contributed by atoms with E-state index in [1.54, 1.807) is 0 Å². The molecule has 0 saturated carbocycles. The number of pyridine rings is 1. The Balaban J connectivity index is 1.74. The predicted molar refractivity (Wildman–Crippen MR) is 92.3 cm³/mol. The van der Waals surface area contributed by atoms with Crippen LogP contribution in [-0.2, 0) is 11.2 Å². The van der Waals surface area contributed by atoms with Crippen molar-refractivity contribution in [3.63, 3.8) is 0 Å². The first-order valence-electron chi connectivity index (χ1n) is 7.87. The molecule has 146 valence electrons. The van der Waals surface area contributed by atoms with Gasteiger partial charge in [-0.2, -0.15) is 0 Å². The number of hydrogen-bond donors (Lipinski definition) is 2. The highest BCUT2D eigenvalue weighted by Gasteiger charge is 2.15. The Bertz CT molecular complexity index is 1020. The van der Waals surface area contributed by atoms with E-state index in [0.717, 1.165) is 16.9 Å². The van der Waals surface area contributed by atoms with Gasteiger partial charge in [-0.15, -0.1) is 15.0 Å². The minimum absolute atomic E-state index is 0.0804. The maximum atomic E-state index is 14.3. The molecule has 0 radical (unpaired) electrons. The van der Waals surface area contributed by atoms with Crippen LogP contribution in [0.15, 0.2) is 30.5 Å². The molecule has 0 amide bonds. The van der Waals surface area contributed by atoms with E-state index < -0.39 is 29.5 Å². The van der Waals surface area contributed by atoms with Crippen molar-refractivity contribution in [2.24, 2.45) is 5.73 Å². The van der Waals surface area contributed by atoms with E-state index >= 15 is 0 Å². The van der Waals surface area contributed by atoms with Crippen LogP contribution in [0.4, 0.5) is 8.78 Å². The molecular weight excluding hydrogens is 398 g/mol. The molecule has 0 spiro atoms. The van der Waals surface area contributed by atoms with Gasteiger partial charge >= 0.3 is 5.97 Å². The SMILES string of the molecule is N[C@H](CC(=O)O)Cc1nnn(-c2ccc(Oc3ncc(Cl)cc3F)c(F)c2)n1. The van der Waals surface area contributed by atoms with E-state index in [4.69, 9.17) is 27.2 Å². The van der Waals surface area contributed by atoms with Crippen LogP contribution in [0.1, 0.15) is 12.2 Å². The zero-order chi connectivity index (χ0) is 20.3. The van der Waals surface area contributed by atoms with Crippen molar-refractivity contribution in [1.82, 2.24) is 25.2 Å². The van der Waals surface area contributed by atoms with Crippen molar-refractivity contribution in [2.75, 3.05) is 0 Å². The van der Waals surface area contributed by atoms with Gasteiger partial charge in [-0.05, 0) is 23.4 Å². The normalized spacial score (nSPS) is 12.0. The highest BCUT2D eigenvalue weighted by molar-refractivity contribution is 6.30. The van der Waals surface area contributed by atoms with Gasteiger partial charge in [0.05, 0.1) is 17.1 Å². The molecule has 1 aromatic carbocycles. The van der Waals surface area contributed by atoms with Crippen molar-refractivity contribution < 1.29 is 23.4 Å². The summed E-state index contributed by atoms with van der Waals surface area (Å²) >= 11 is 5.61. The summed E-state index contributed by atoms with van der Waals surface area (Å²) < 4.78 is 33.2. The van der Waals surface area contributed by atoms with Gasteiger partial charge in [0.1, 0.15) is 0 Å². The van der Waals surface area contributed by atoms with Gasteiger partial charge in [0.2, 0.25) is 0 Å². The van der Waals surface area contributed by atoms with Gasteiger partial charge in [-0.3, -0.25) is 4.79 Å². The number of halogens is 3. The number of nitrogens with two attached hydrogens (primary N) is 1. The molecule has 0 aliphatic carbocycles. The molecule has 3 N–H and O–H groups in total. The number of hydrogen-bond acceptors (Lipinski definition) is 7. The van der Waals surface area contributed by atoms with Crippen LogP contribution >= 0.6 is 11.6 Å². The number of carboxylic acids is 1. The maximum Gasteiger partial charge on any atom is 0.304 e. The van der Waals surface area contributed by atoms with Gasteiger partial charge in [-0.1, -0.05) is 11.6 Å². The third-order valence-electron chi connectivity index (χ3n) is 3.46. The van der Waals surface area contributed by atoms with E-state index in [2.05, 4.69) is 20.4 Å². The Labute approximate surface area is 161 Å². The number of aromatic nitrogens is 5. The number of carbonyl (C=O) groups is 1. The number of carboxylic acid groups (broad SMARTS) is 1.